The molecule has 0 aliphatic carbocycles. The summed E-state index contributed by atoms with van der Waals surface area (Å²) in [6.07, 6.45) is 2.06. The highest BCUT2D eigenvalue weighted by Gasteiger charge is 2.32. The van der Waals surface area contributed by atoms with Gasteiger partial charge in [-0.25, -0.2) is 0 Å². The summed E-state index contributed by atoms with van der Waals surface area (Å²) < 4.78 is 0. The molecule has 35 heavy (non-hydrogen) atoms. The number of carbonyl (C=O) groups is 3. The standard InChI is InChI=1S/C29H44N2O4/c1-7-22-8-10-23(11-9-22)14-26(32)15-24(12-19(2)3)27(33)18-31(17-20(4)5)28(34)16-25-13-21(6)30-29(25)35/h8-11,19-20,24-25,27,33H,6-7,12-18H2,1-5H3,(H,30,35). The fourth-order valence-electron chi connectivity index (χ4n) is 4.78. The zero-order chi connectivity index (χ0) is 26.1. The van der Waals surface area contributed by atoms with Gasteiger partial charge in [-0.3, -0.25) is 14.4 Å². The number of nitrogens with zero attached hydrogens (tertiary/aromatic N) is 1. The minimum atomic E-state index is -0.807. The first-order chi connectivity index (χ1) is 16.5. The molecule has 3 atom stereocenters. The molecule has 0 saturated carbocycles. The van der Waals surface area contributed by atoms with Gasteiger partial charge in [-0.05, 0) is 48.1 Å². The van der Waals surface area contributed by atoms with Gasteiger partial charge in [0.25, 0.3) is 0 Å². The third kappa shape index (κ3) is 9.60. The van der Waals surface area contributed by atoms with E-state index in [0.29, 0.717) is 37.4 Å². The Kier molecular flexibility index (Phi) is 11.2. The lowest BCUT2D eigenvalue weighted by Gasteiger charge is -2.32. The van der Waals surface area contributed by atoms with Crippen LogP contribution in [0, 0.1) is 23.7 Å². The van der Waals surface area contributed by atoms with E-state index >= 15 is 0 Å². The maximum Gasteiger partial charge on any atom is 0.228 e. The van der Waals surface area contributed by atoms with Gasteiger partial charge in [0, 0.05) is 38.0 Å². The smallest absolute Gasteiger partial charge is 0.228 e. The van der Waals surface area contributed by atoms with E-state index in [1.165, 1.54) is 5.56 Å². The van der Waals surface area contributed by atoms with Crippen molar-refractivity contribution in [2.24, 2.45) is 23.7 Å². The molecule has 0 radical (unpaired) electrons. The Morgan fingerprint density at radius 1 is 1.09 bits per heavy atom. The summed E-state index contributed by atoms with van der Waals surface area (Å²) in [5.74, 6) is -0.310. The summed E-state index contributed by atoms with van der Waals surface area (Å²) >= 11 is 0. The fraction of sp³-hybridized carbons (Fsp3) is 0.621. The van der Waals surface area contributed by atoms with Crippen LogP contribution in [-0.2, 0) is 27.2 Å². The Labute approximate surface area is 211 Å². The van der Waals surface area contributed by atoms with Crippen LogP contribution in [0.1, 0.15) is 71.4 Å². The predicted octanol–water partition coefficient (Wildman–Crippen LogP) is 4.30. The summed E-state index contributed by atoms with van der Waals surface area (Å²) in [6, 6.07) is 8.11. The number of nitrogens with one attached hydrogen (secondary N) is 1. The zero-order valence-corrected chi connectivity index (χ0v) is 22.2. The molecule has 2 rings (SSSR count). The van der Waals surface area contributed by atoms with Crippen LogP contribution in [0.4, 0.5) is 0 Å². The van der Waals surface area contributed by atoms with E-state index in [0.717, 1.165) is 12.0 Å². The molecule has 6 heteroatoms. The Morgan fingerprint density at radius 2 is 1.71 bits per heavy atom. The van der Waals surface area contributed by atoms with Crippen molar-refractivity contribution >= 4 is 17.6 Å². The lowest BCUT2D eigenvalue weighted by atomic mass is 9.86. The SMILES string of the molecule is C=C1CC(CC(=O)N(CC(C)C)CC(O)C(CC(=O)Cc2ccc(CC)cc2)CC(C)C)C(=O)N1. The molecule has 3 unspecified atom stereocenters. The Balaban J connectivity index is 2.05. The summed E-state index contributed by atoms with van der Waals surface area (Å²) in [6.45, 7) is 14.8. The first kappa shape index (κ1) is 28.8. The number of amides is 2. The van der Waals surface area contributed by atoms with Crippen LogP contribution in [-0.4, -0.2) is 46.8 Å². The van der Waals surface area contributed by atoms with Crippen molar-refractivity contribution in [3.05, 3.63) is 47.7 Å². The van der Waals surface area contributed by atoms with Gasteiger partial charge in [0.2, 0.25) is 11.8 Å². The maximum absolute atomic E-state index is 13.1. The van der Waals surface area contributed by atoms with Crippen LogP contribution in [0.5, 0.6) is 0 Å². The molecule has 1 aliphatic heterocycles. The molecule has 1 aromatic carbocycles. The van der Waals surface area contributed by atoms with Gasteiger partial charge >= 0.3 is 0 Å². The predicted molar refractivity (Wildman–Crippen MR) is 140 cm³/mol. The molecule has 0 spiro atoms. The van der Waals surface area contributed by atoms with Crippen LogP contribution in [0.25, 0.3) is 0 Å². The van der Waals surface area contributed by atoms with Gasteiger partial charge in [0.15, 0.2) is 0 Å². The summed E-state index contributed by atoms with van der Waals surface area (Å²) in [5.41, 5.74) is 2.87. The van der Waals surface area contributed by atoms with Crippen molar-refractivity contribution in [2.45, 2.75) is 79.2 Å². The number of allylic oxidation sites excluding steroid dienone is 1. The second kappa shape index (κ2) is 13.6. The quantitative estimate of drug-likeness (QED) is 0.412. The molecule has 0 bridgehead atoms. The number of aliphatic hydroxyl groups is 1. The fourth-order valence-corrected chi connectivity index (χ4v) is 4.78. The van der Waals surface area contributed by atoms with E-state index in [2.05, 4.69) is 44.8 Å². The van der Waals surface area contributed by atoms with Crippen molar-refractivity contribution < 1.29 is 19.5 Å². The van der Waals surface area contributed by atoms with E-state index in [1.807, 2.05) is 26.0 Å². The van der Waals surface area contributed by atoms with Crippen LogP contribution >= 0.6 is 0 Å². The number of hydrogen-bond acceptors (Lipinski definition) is 4. The zero-order valence-electron chi connectivity index (χ0n) is 22.2. The number of rotatable bonds is 14. The highest BCUT2D eigenvalue weighted by atomic mass is 16.3. The highest BCUT2D eigenvalue weighted by Crippen LogP contribution is 2.25. The van der Waals surface area contributed by atoms with Gasteiger partial charge in [0.05, 0.1) is 12.0 Å². The normalized spacial score (nSPS) is 17.5. The number of Topliss-reactive ketones (excluding diaryl/α,β-unsaturated/α-hetero) is 1. The lowest BCUT2D eigenvalue weighted by Crippen LogP contribution is -2.43. The molecule has 1 saturated heterocycles. The number of hydrogen-bond donors (Lipinski definition) is 2. The van der Waals surface area contributed by atoms with Crippen LogP contribution in [0.3, 0.4) is 0 Å². The first-order valence-electron chi connectivity index (χ1n) is 13.0. The van der Waals surface area contributed by atoms with E-state index in [-0.39, 0.29) is 48.8 Å². The monoisotopic (exact) mass is 484 g/mol. The Bertz CT molecular complexity index is 875. The van der Waals surface area contributed by atoms with Gasteiger partial charge in [-0.2, -0.15) is 0 Å². The largest absolute Gasteiger partial charge is 0.391 e. The lowest BCUT2D eigenvalue weighted by molar-refractivity contribution is -0.137. The first-order valence-corrected chi connectivity index (χ1v) is 13.0. The van der Waals surface area contributed by atoms with Gasteiger partial charge in [0.1, 0.15) is 5.78 Å². The maximum atomic E-state index is 13.1. The Hall–Kier alpha value is -2.47. The number of carbonyl (C=O) groups excluding carboxylic acids is 3. The molecule has 2 amide bonds. The Morgan fingerprint density at radius 3 is 2.23 bits per heavy atom. The third-order valence-electron chi connectivity index (χ3n) is 6.57. The van der Waals surface area contributed by atoms with Crippen molar-refractivity contribution in [3.8, 4) is 0 Å². The van der Waals surface area contributed by atoms with Crippen molar-refractivity contribution in [2.75, 3.05) is 13.1 Å². The minimum absolute atomic E-state index is 0.0989. The van der Waals surface area contributed by atoms with Crippen molar-refractivity contribution in [1.29, 1.82) is 0 Å². The highest BCUT2D eigenvalue weighted by molar-refractivity contribution is 5.89. The summed E-state index contributed by atoms with van der Waals surface area (Å²) in [7, 11) is 0. The molecule has 1 fully saturated rings. The van der Waals surface area contributed by atoms with Crippen LogP contribution in [0.15, 0.2) is 36.5 Å². The molecule has 194 valence electrons. The third-order valence-corrected chi connectivity index (χ3v) is 6.57. The van der Waals surface area contributed by atoms with Gasteiger partial charge in [-0.1, -0.05) is 65.5 Å². The summed E-state index contributed by atoms with van der Waals surface area (Å²) in [4.78, 5) is 39.8. The topological polar surface area (TPSA) is 86.7 Å². The number of aliphatic hydroxyl groups excluding tert-OH is 1. The van der Waals surface area contributed by atoms with Crippen molar-refractivity contribution in [1.82, 2.24) is 10.2 Å². The molecule has 1 aliphatic rings. The van der Waals surface area contributed by atoms with E-state index < -0.39 is 12.0 Å². The second-order valence-corrected chi connectivity index (χ2v) is 10.9. The minimum Gasteiger partial charge on any atom is -0.391 e. The molecule has 1 aromatic rings. The van der Waals surface area contributed by atoms with Crippen LogP contribution < -0.4 is 5.32 Å². The molecular formula is C29H44N2O4. The van der Waals surface area contributed by atoms with E-state index in [4.69, 9.17) is 0 Å². The average Bonchev–Trinajstić information content (AvgIpc) is 3.08. The molecular weight excluding hydrogens is 440 g/mol. The second-order valence-electron chi connectivity index (χ2n) is 10.9. The van der Waals surface area contributed by atoms with Crippen molar-refractivity contribution in [3.63, 3.8) is 0 Å². The number of ketones is 1. The van der Waals surface area contributed by atoms with Gasteiger partial charge in [-0.15, -0.1) is 0 Å². The molecule has 0 aromatic heterocycles. The number of aryl methyl sites for hydroxylation is 1. The molecule has 1 heterocycles. The molecule has 6 nitrogen and oxygen atoms in total. The van der Waals surface area contributed by atoms with Crippen LogP contribution in [0.2, 0.25) is 0 Å². The van der Waals surface area contributed by atoms with Gasteiger partial charge < -0.3 is 15.3 Å². The summed E-state index contributed by atoms with van der Waals surface area (Å²) in [5, 5.41) is 13.9. The number of benzene rings is 1. The average molecular weight is 485 g/mol. The molecule has 2 N–H and O–H groups in total. The van der Waals surface area contributed by atoms with E-state index in [1.54, 1.807) is 4.90 Å². The van der Waals surface area contributed by atoms with E-state index in [9.17, 15) is 19.5 Å².